The van der Waals surface area contributed by atoms with E-state index < -0.39 is 0 Å². The standard InChI is InChI=1S/C18H19N3O2S/c1-4-20-17(22)16(24-18(20)23)12-15-6-5-11-21(15)14-9-7-13(8-10-14)19(2)3/h5-12H,4H2,1-3H3/b16-12-. The van der Waals surface area contributed by atoms with Crippen LogP contribution in [0.3, 0.4) is 0 Å². The van der Waals surface area contributed by atoms with Crippen LogP contribution in [0.15, 0.2) is 47.5 Å². The largest absolute Gasteiger partial charge is 0.378 e. The summed E-state index contributed by atoms with van der Waals surface area (Å²) in [6, 6.07) is 12.0. The summed E-state index contributed by atoms with van der Waals surface area (Å²) < 4.78 is 2.00. The number of hydrogen-bond acceptors (Lipinski definition) is 4. The van der Waals surface area contributed by atoms with Crippen LogP contribution in [0, 0.1) is 0 Å². The lowest BCUT2D eigenvalue weighted by atomic mass is 10.2. The van der Waals surface area contributed by atoms with Gasteiger partial charge in [0.2, 0.25) is 0 Å². The molecule has 0 spiro atoms. The number of aromatic nitrogens is 1. The number of carbonyl (C=O) groups excluding carboxylic acids is 2. The highest BCUT2D eigenvalue weighted by Gasteiger charge is 2.33. The number of hydrogen-bond donors (Lipinski definition) is 0. The van der Waals surface area contributed by atoms with Gasteiger partial charge in [-0.15, -0.1) is 0 Å². The zero-order valence-electron chi connectivity index (χ0n) is 13.9. The zero-order valence-corrected chi connectivity index (χ0v) is 14.7. The van der Waals surface area contributed by atoms with Gasteiger partial charge in [-0.2, -0.15) is 0 Å². The van der Waals surface area contributed by atoms with Crippen LogP contribution >= 0.6 is 11.8 Å². The third-order valence-corrected chi connectivity index (χ3v) is 4.80. The molecular weight excluding hydrogens is 322 g/mol. The predicted molar refractivity (Wildman–Crippen MR) is 98.4 cm³/mol. The summed E-state index contributed by atoms with van der Waals surface area (Å²) in [5.41, 5.74) is 3.00. The average molecular weight is 341 g/mol. The highest BCUT2D eigenvalue weighted by Crippen LogP contribution is 2.32. The maximum Gasteiger partial charge on any atom is 0.293 e. The minimum atomic E-state index is -0.219. The SMILES string of the molecule is CCN1C(=O)S/C(=C\c2cccn2-c2ccc(N(C)C)cc2)C1=O. The fraction of sp³-hybridized carbons (Fsp3) is 0.222. The Hall–Kier alpha value is -2.47. The van der Waals surface area contributed by atoms with Gasteiger partial charge >= 0.3 is 0 Å². The molecule has 1 aromatic carbocycles. The first-order valence-electron chi connectivity index (χ1n) is 7.71. The Morgan fingerprint density at radius 3 is 2.42 bits per heavy atom. The van der Waals surface area contributed by atoms with Crippen LogP contribution in [0.1, 0.15) is 12.6 Å². The van der Waals surface area contributed by atoms with Crippen molar-refractivity contribution in [3.8, 4) is 5.69 Å². The van der Waals surface area contributed by atoms with Crippen molar-refractivity contribution < 1.29 is 9.59 Å². The van der Waals surface area contributed by atoms with E-state index >= 15 is 0 Å². The normalized spacial score (nSPS) is 16.3. The Morgan fingerprint density at radius 2 is 1.83 bits per heavy atom. The lowest BCUT2D eigenvalue weighted by molar-refractivity contribution is -0.122. The van der Waals surface area contributed by atoms with E-state index in [1.54, 1.807) is 13.0 Å². The van der Waals surface area contributed by atoms with Gasteiger partial charge < -0.3 is 9.47 Å². The van der Waals surface area contributed by atoms with Crippen molar-refractivity contribution in [1.29, 1.82) is 0 Å². The van der Waals surface area contributed by atoms with Crippen molar-refractivity contribution in [2.75, 3.05) is 25.5 Å². The molecule has 0 saturated carbocycles. The zero-order chi connectivity index (χ0) is 17.3. The van der Waals surface area contributed by atoms with E-state index in [1.807, 2.05) is 66.2 Å². The summed E-state index contributed by atoms with van der Waals surface area (Å²) in [5, 5.41) is -0.206. The first-order valence-corrected chi connectivity index (χ1v) is 8.53. The van der Waals surface area contributed by atoms with Gasteiger partial charge in [0, 0.05) is 43.9 Å². The molecule has 6 heteroatoms. The number of thioether (sulfide) groups is 1. The molecule has 0 atom stereocenters. The smallest absolute Gasteiger partial charge is 0.293 e. The molecule has 1 fully saturated rings. The van der Waals surface area contributed by atoms with Crippen LogP contribution in [0.4, 0.5) is 10.5 Å². The monoisotopic (exact) mass is 341 g/mol. The molecule has 1 aliphatic rings. The first-order chi connectivity index (χ1) is 11.5. The third kappa shape index (κ3) is 2.97. The number of amides is 2. The van der Waals surface area contributed by atoms with E-state index in [9.17, 15) is 9.59 Å². The lowest BCUT2D eigenvalue weighted by Gasteiger charge is -2.14. The summed E-state index contributed by atoms with van der Waals surface area (Å²) in [7, 11) is 4.00. The molecule has 1 aromatic heterocycles. The van der Waals surface area contributed by atoms with Gasteiger partial charge in [0.25, 0.3) is 11.1 Å². The Morgan fingerprint density at radius 1 is 1.12 bits per heavy atom. The number of benzene rings is 1. The van der Waals surface area contributed by atoms with Crippen molar-refractivity contribution >= 4 is 34.7 Å². The van der Waals surface area contributed by atoms with Gasteiger partial charge in [0.15, 0.2) is 0 Å². The number of rotatable bonds is 4. The molecular formula is C18H19N3O2S. The summed E-state index contributed by atoms with van der Waals surface area (Å²) >= 11 is 0.993. The average Bonchev–Trinajstić information content (AvgIpc) is 3.12. The Labute approximate surface area is 145 Å². The topological polar surface area (TPSA) is 45.6 Å². The number of imide groups is 1. The van der Waals surface area contributed by atoms with E-state index in [4.69, 9.17) is 0 Å². The molecule has 1 saturated heterocycles. The third-order valence-electron chi connectivity index (χ3n) is 3.89. The quantitative estimate of drug-likeness (QED) is 0.797. The molecule has 0 bridgehead atoms. The van der Waals surface area contributed by atoms with Crippen LogP contribution < -0.4 is 4.90 Å². The Balaban J connectivity index is 1.93. The van der Waals surface area contributed by atoms with Gasteiger partial charge in [-0.3, -0.25) is 14.5 Å². The number of anilines is 1. The van der Waals surface area contributed by atoms with Crippen molar-refractivity contribution in [1.82, 2.24) is 9.47 Å². The fourth-order valence-corrected chi connectivity index (χ4v) is 3.45. The molecule has 0 radical (unpaired) electrons. The Bertz CT molecular complexity index is 806. The van der Waals surface area contributed by atoms with Gasteiger partial charge in [-0.05, 0) is 61.2 Å². The van der Waals surface area contributed by atoms with Gasteiger partial charge in [-0.25, -0.2) is 0 Å². The fourth-order valence-electron chi connectivity index (χ4n) is 2.57. The van der Waals surface area contributed by atoms with Gasteiger partial charge in [0.05, 0.1) is 4.91 Å². The van der Waals surface area contributed by atoms with Crippen molar-refractivity contribution in [2.24, 2.45) is 0 Å². The molecule has 24 heavy (non-hydrogen) atoms. The van der Waals surface area contributed by atoms with Crippen molar-refractivity contribution in [3.63, 3.8) is 0 Å². The molecule has 2 heterocycles. The molecule has 0 N–H and O–H groups in total. The second-order valence-corrected chi connectivity index (χ2v) is 6.63. The molecule has 5 nitrogen and oxygen atoms in total. The molecule has 0 aliphatic carbocycles. The minimum absolute atomic E-state index is 0.206. The van der Waals surface area contributed by atoms with Crippen LogP contribution in [0.25, 0.3) is 11.8 Å². The van der Waals surface area contributed by atoms with Crippen molar-refractivity contribution in [3.05, 3.63) is 53.2 Å². The van der Waals surface area contributed by atoms with E-state index in [1.165, 1.54) is 4.90 Å². The van der Waals surface area contributed by atoms with Gasteiger partial charge in [0.1, 0.15) is 0 Å². The molecule has 2 aromatic rings. The maximum atomic E-state index is 12.2. The van der Waals surface area contributed by atoms with Crippen LogP contribution in [-0.4, -0.2) is 41.3 Å². The highest BCUT2D eigenvalue weighted by molar-refractivity contribution is 8.18. The minimum Gasteiger partial charge on any atom is -0.378 e. The number of nitrogens with zero attached hydrogens (tertiary/aromatic N) is 3. The summed E-state index contributed by atoms with van der Waals surface area (Å²) in [6.45, 7) is 2.20. The molecule has 3 rings (SSSR count). The number of likely N-dealkylation sites (N-methyl/N-ethyl adjacent to an activating group) is 1. The molecule has 124 valence electrons. The molecule has 0 unspecified atom stereocenters. The van der Waals surface area contributed by atoms with Crippen molar-refractivity contribution in [2.45, 2.75) is 6.92 Å². The predicted octanol–water partition coefficient (Wildman–Crippen LogP) is 3.60. The van der Waals surface area contributed by atoms with E-state index in [-0.39, 0.29) is 11.1 Å². The van der Waals surface area contributed by atoms with E-state index in [0.717, 1.165) is 28.8 Å². The first kappa shape index (κ1) is 16.4. The molecule has 1 aliphatic heterocycles. The second-order valence-electron chi connectivity index (χ2n) is 5.64. The number of carbonyl (C=O) groups is 2. The highest BCUT2D eigenvalue weighted by atomic mass is 32.2. The van der Waals surface area contributed by atoms with Crippen LogP contribution in [-0.2, 0) is 4.79 Å². The van der Waals surface area contributed by atoms with Crippen LogP contribution in [0.2, 0.25) is 0 Å². The van der Waals surface area contributed by atoms with Crippen LogP contribution in [0.5, 0.6) is 0 Å². The maximum absolute atomic E-state index is 12.2. The summed E-state index contributed by atoms with van der Waals surface area (Å²) in [5.74, 6) is -0.219. The van der Waals surface area contributed by atoms with E-state index in [0.29, 0.717) is 11.4 Å². The Kier molecular flexibility index (Phi) is 4.49. The summed E-state index contributed by atoms with van der Waals surface area (Å²) in [4.78, 5) is 27.8. The van der Waals surface area contributed by atoms with Gasteiger partial charge in [-0.1, -0.05) is 0 Å². The lowest BCUT2D eigenvalue weighted by Crippen LogP contribution is -2.27. The van der Waals surface area contributed by atoms with E-state index in [2.05, 4.69) is 0 Å². The molecule has 2 amide bonds. The summed E-state index contributed by atoms with van der Waals surface area (Å²) in [6.07, 6.45) is 3.72. The second kappa shape index (κ2) is 6.57.